The molecule has 7 heteroatoms. The molecule has 4 nitrogen and oxygen atoms in total. The Morgan fingerprint density at radius 2 is 1.86 bits per heavy atom. The first-order chi connectivity index (χ1) is 13.6. The Morgan fingerprint density at radius 1 is 1.11 bits per heavy atom. The number of pyridine rings is 1. The van der Waals surface area contributed by atoms with E-state index in [0.29, 0.717) is 11.6 Å². The molecule has 2 aromatic heterocycles. The minimum absolute atomic E-state index is 0.614. The van der Waals surface area contributed by atoms with Crippen molar-refractivity contribution in [1.29, 1.82) is 0 Å². The first-order valence-corrected chi connectivity index (χ1v) is 11.2. The zero-order chi connectivity index (χ0) is 19.7. The highest BCUT2D eigenvalue weighted by Gasteiger charge is 2.26. The summed E-state index contributed by atoms with van der Waals surface area (Å²) in [5, 5.41) is 9.56. The maximum Gasteiger partial charge on any atom is 0.185 e. The summed E-state index contributed by atoms with van der Waals surface area (Å²) >= 11 is 9.86. The van der Waals surface area contributed by atoms with Gasteiger partial charge < -0.3 is 0 Å². The average Bonchev–Trinajstić information content (AvgIpc) is 2.89. The van der Waals surface area contributed by atoms with Crippen LogP contribution in [-0.4, -0.2) is 27.1 Å². The molecule has 0 saturated heterocycles. The van der Waals surface area contributed by atoms with Gasteiger partial charge in [-0.05, 0) is 49.4 Å². The number of halogens is 1. The zero-order valence-corrected chi connectivity index (χ0v) is 18.2. The Bertz CT molecular complexity index is 1070. The molecule has 0 radical (unpaired) electrons. The number of thiophene rings is 1. The van der Waals surface area contributed by atoms with Crippen molar-refractivity contribution in [2.24, 2.45) is 10.1 Å². The molecule has 3 aromatic rings. The third-order valence-electron chi connectivity index (χ3n) is 4.64. The van der Waals surface area contributed by atoms with Crippen molar-refractivity contribution in [3.8, 4) is 0 Å². The molecule has 0 N–H and O–H groups in total. The zero-order valence-electron chi connectivity index (χ0n) is 15.8. The van der Waals surface area contributed by atoms with E-state index in [1.807, 2.05) is 47.7 Å². The van der Waals surface area contributed by atoms with Crippen LogP contribution in [-0.2, 0) is 6.54 Å². The van der Waals surface area contributed by atoms with Crippen LogP contribution >= 0.6 is 34.7 Å². The lowest BCUT2D eigenvalue weighted by Gasteiger charge is -2.20. The number of thioether (sulfide) groups is 1. The van der Waals surface area contributed by atoms with Crippen LogP contribution in [0.1, 0.15) is 27.1 Å². The first-order valence-electron chi connectivity index (χ1n) is 8.81. The lowest BCUT2D eigenvalue weighted by Crippen LogP contribution is -2.24. The second kappa shape index (κ2) is 8.07. The van der Waals surface area contributed by atoms with Gasteiger partial charge in [-0.2, -0.15) is 5.10 Å². The summed E-state index contributed by atoms with van der Waals surface area (Å²) in [4.78, 5) is 10.3. The fraction of sp³-hybridized carbons (Fsp3) is 0.190. The Hall–Kier alpha value is -2.15. The van der Waals surface area contributed by atoms with E-state index >= 15 is 0 Å². The maximum atomic E-state index is 6.57. The molecule has 1 aliphatic rings. The highest BCUT2D eigenvalue weighted by atomic mass is 35.5. The minimum Gasteiger partial charge on any atom is -0.265 e. The van der Waals surface area contributed by atoms with Crippen LogP contribution in [0.2, 0.25) is 5.02 Å². The highest BCUT2D eigenvalue weighted by Crippen LogP contribution is 2.40. The molecule has 142 valence electrons. The molecule has 0 aliphatic carbocycles. The number of aliphatic imine (C=N–C) groups is 1. The van der Waals surface area contributed by atoms with Gasteiger partial charge in [0.25, 0.3) is 0 Å². The molecule has 0 saturated carbocycles. The number of fused-ring (bicyclic) bond motifs is 1. The lowest BCUT2D eigenvalue weighted by molar-refractivity contribution is 0.450. The fourth-order valence-electron chi connectivity index (χ4n) is 3.08. The second-order valence-electron chi connectivity index (χ2n) is 6.40. The van der Waals surface area contributed by atoms with Gasteiger partial charge in [-0.1, -0.05) is 41.6 Å². The Balaban J connectivity index is 1.91. The van der Waals surface area contributed by atoms with Crippen LogP contribution in [0.25, 0.3) is 0 Å². The SMILES string of the molecule is CSC1=Nc2sc(C)c(C)c2C(c2ccccc2Cl)=NN1Cc1ccncc1. The fourth-order valence-corrected chi connectivity index (χ4v) is 4.89. The normalized spacial score (nSPS) is 13.6. The number of hydrazone groups is 1. The minimum atomic E-state index is 0.614. The maximum absolute atomic E-state index is 6.57. The summed E-state index contributed by atoms with van der Waals surface area (Å²) in [6.45, 7) is 4.87. The van der Waals surface area contributed by atoms with Crippen molar-refractivity contribution in [1.82, 2.24) is 9.99 Å². The molecular weight excluding hydrogens is 408 g/mol. The Labute approximate surface area is 178 Å². The van der Waals surface area contributed by atoms with Gasteiger partial charge in [0.2, 0.25) is 0 Å². The van der Waals surface area contributed by atoms with Gasteiger partial charge in [-0.15, -0.1) is 11.3 Å². The summed E-state index contributed by atoms with van der Waals surface area (Å²) in [6.07, 6.45) is 5.62. The third kappa shape index (κ3) is 3.60. The van der Waals surface area contributed by atoms with Gasteiger partial charge in [0, 0.05) is 28.4 Å². The van der Waals surface area contributed by atoms with E-state index in [1.54, 1.807) is 35.5 Å². The molecule has 0 unspecified atom stereocenters. The number of aromatic nitrogens is 1. The number of hydrogen-bond acceptors (Lipinski definition) is 6. The van der Waals surface area contributed by atoms with Gasteiger partial charge in [-0.3, -0.25) is 4.98 Å². The molecule has 3 heterocycles. The smallest absolute Gasteiger partial charge is 0.185 e. The number of amidine groups is 1. The molecule has 0 spiro atoms. The lowest BCUT2D eigenvalue weighted by atomic mass is 10.00. The number of hydrogen-bond donors (Lipinski definition) is 0. The third-order valence-corrected chi connectivity index (χ3v) is 6.73. The number of rotatable bonds is 3. The topological polar surface area (TPSA) is 40.9 Å². The monoisotopic (exact) mass is 426 g/mol. The molecular formula is C21H19ClN4S2. The number of benzene rings is 1. The van der Waals surface area contributed by atoms with E-state index in [-0.39, 0.29) is 0 Å². The van der Waals surface area contributed by atoms with Crippen molar-refractivity contribution < 1.29 is 0 Å². The van der Waals surface area contributed by atoms with E-state index in [9.17, 15) is 0 Å². The molecule has 1 aliphatic heterocycles. The van der Waals surface area contributed by atoms with Crippen molar-refractivity contribution in [3.05, 3.63) is 80.9 Å². The quantitative estimate of drug-likeness (QED) is 0.513. The predicted molar refractivity (Wildman–Crippen MR) is 121 cm³/mol. The Kier molecular flexibility index (Phi) is 5.53. The van der Waals surface area contributed by atoms with Crippen LogP contribution in [0.4, 0.5) is 5.00 Å². The predicted octanol–water partition coefficient (Wildman–Crippen LogP) is 6.03. The second-order valence-corrected chi connectivity index (χ2v) is 8.79. The van der Waals surface area contributed by atoms with Gasteiger partial charge in [0.15, 0.2) is 5.17 Å². The van der Waals surface area contributed by atoms with Crippen LogP contribution in [0, 0.1) is 13.8 Å². The molecule has 0 amide bonds. The summed E-state index contributed by atoms with van der Waals surface area (Å²) < 4.78 is 0. The molecule has 4 rings (SSSR count). The van der Waals surface area contributed by atoms with Gasteiger partial charge in [0.05, 0.1) is 11.6 Å². The van der Waals surface area contributed by atoms with Gasteiger partial charge in [0.1, 0.15) is 10.7 Å². The summed E-state index contributed by atoms with van der Waals surface area (Å²) in [7, 11) is 0. The van der Waals surface area contributed by atoms with E-state index in [1.165, 1.54) is 10.4 Å². The first kappa shape index (κ1) is 19.2. The van der Waals surface area contributed by atoms with E-state index < -0.39 is 0 Å². The van der Waals surface area contributed by atoms with Crippen molar-refractivity contribution in [2.45, 2.75) is 20.4 Å². The van der Waals surface area contributed by atoms with Gasteiger partial charge >= 0.3 is 0 Å². The van der Waals surface area contributed by atoms with Crippen LogP contribution < -0.4 is 0 Å². The van der Waals surface area contributed by atoms with Gasteiger partial charge in [-0.25, -0.2) is 10.0 Å². The Morgan fingerprint density at radius 3 is 2.57 bits per heavy atom. The van der Waals surface area contributed by atoms with E-state index in [2.05, 4.69) is 18.8 Å². The molecule has 28 heavy (non-hydrogen) atoms. The molecule has 0 bridgehead atoms. The highest BCUT2D eigenvalue weighted by molar-refractivity contribution is 8.13. The number of nitrogens with zero attached hydrogens (tertiary/aromatic N) is 4. The summed E-state index contributed by atoms with van der Waals surface area (Å²) in [5.74, 6) is 0. The van der Waals surface area contributed by atoms with Crippen molar-refractivity contribution in [3.63, 3.8) is 0 Å². The standard InChI is InChI=1S/C21H19ClN4S2/c1-13-14(2)28-20-18(13)19(16-6-4-5-7-17(16)22)25-26(21(24-20)27-3)12-15-8-10-23-11-9-15/h4-11H,12H2,1-3H3. The van der Waals surface area contributed by atoms with Crippen molar-refractivity contribution in [2.75, 3.05) is 6.26 Å². The average molecular weight is 427 g/mol. The summed E-state index contributed by atoms with van der Waals surface area (Å²) in [5.41, 5.74) is 5.18. The van der Waals surface area contributed by atoms with Crippen LogP contribution in [0.5, 0.6) is 0 Å². The largest absolute Gasteiger partial charge is 0.265 e. The van der Waals surface area contributed by atoms with Crippen molar-refractivity contribution >= 4 is 50.6 Å². The number of aryl methyl sites for hydroxylation is 1. The molecule has 0 atom stereocenters. The van der Waals surface area contributed by atoms with E-state index in [0.717, 1.165) is 32.6 Å². The molecule has 1 aromatic carbocycles. The molecule has 0 fully saturated rings. The summed E-state index contributed by atoms with van der Waals surface area (Å²) in [6, 6.07) is 11.9. The van der Waals surface area contributed by atoms with Crippen LogP contribution in [0.15, 0.2) is 58.9 Å². The van der Waals surface area contributed by atoms with Crippen LogP contribution in [0.3, 0.4) is 0 Å². The van der Waals surface area contributed by atoms with E-state index in [4.69, 9.17) is 21.7 Å².